The number of thioether (sulfide) groups is 1. The molecule has 6 heteroatoms. The number of carbonyl (C=O) groups excluding carboxylic acids is 1. The number of amides is 2. The summed E-state index contributed by atoms with van der Waals surface area (Å²) in [5.74, 6) is 0.563. The van der Waals surface area contributed by atoms with Crippen LogP contribution in [-0.2, 0) is 0 Å². The van der Waals surface area contributed by atoms with E-state index in [0.717, 1.165) is 21.5 Å². The van der Waals surface area contributed by atoms with E-state index in [1.807, 2.05) is 30.3 Å². The number of halogens is 2. The molecule has 1 heterocycles. The second kappa shape index (κ2) is 6.71. The fraction of sp³-hybridized carbons (Fsp3) is 0.188. The average molecular weight is 381 g/mol. The summed E-state index contributed by atoms with van der Waals surface area (Å²) in [4.78, 5) is 14.2. The Hall–Kier alpha value is -1.53. The van der Waals surface area contributed by atoms with Crippen molar-refractivity contribution in [3.05, 3.63) is 64.4 Å². The summed E-state index contributed by atoms with van der Waals surface area (Å²) < 4.78 is 14.4. The van der Waals surface area contributed by atoms with Crippen LogP contribution in [0, 0.1) is 5.82 Å². The number of benzene rings is 2. The molecule has 114 valence electrons. The van der Waals surface area contributed by atoms with Gasteiger partial charge in [0.1, 0.15) is 11.2 Å². The first kappa shape index (κ1) is 15.4. The molecule has 3 nitrogen and oxygen atoms in total. The average Bonchev–Trinajstić information content (AvgIpc) is 2.99. The summed E-state index contributed by atoms with van der Waals surface area (Å²) in [6.07, 6.45) is 0. The highest BCUT2D eigenvalue weighted by Gasteiger charge is 2.30. The lowest BCUT2D eigenvalue weighted by Gasteiger charge is -2.24. The first-order chi connectivity index (χ1) is 10.6. The van der Waals surface area contributed by atoms with Crippen LogP contribution >= 0.6 is 27.7 Å². The zero-order chi connectivity index (χ0) is 15.5. The molecule has 22 heavy (non-hydrogen) atoms. The lowest BCUT2D eigenvalue weighted by atomic mass is 10.2. The summed E-state index contributed by atoms with van der Waals surface area (Å²) >= 11 is 5.01. The third kappa shape index (κ3) is 3.44. The van der Waals surface area contributed by atoms with E-state index in [1.165, 1.54) is 12.1 Å². The second-order valence-electron chi connectivity index (χ2n) is 4.91. The highest BCUT2D eigenvalue weighted by atomic mass is 79.9. The van der Waals surface area contributed by atoms with E-state index in [1.54, 1.807) is 22.7 Å². The molecule has 2 amide bonds. The van der Waals surface area contributed by atoms with Gasteiger partial charge in [0.2, 0.25) is 0 Å². The van der Waals surface area contributed by atoms with Crippen LogP contribution in [0.15, 0.2) is 53.0 Å². The van der Waals surface area contributed by atoms with E-state index in [2.05, 4.69) is 21.2 Å². The molecule has 0 spiro atoms. The van der Waals surface area contributed by atoms with Crippen LogP contribution in [0.1, 0.15) is 10.9 Å². The molecule has 1 fully saturated rings. The topological polar surface area (TPSA) is 32.3 Å². The predicted molar refractivity (Wildman–Crippen MR) is 91.5 cm³/mol. The second-order valence-corrected chi connectivity index (χ2v) is 7.01. The predicted octanol–water partition coefficient (Wildman–Crippen LogP) is 4.87. The normalized spacial score (nSPS) is 17.5. The van der Waals surface area contributed by atoms with Crippen molar-refractivity contribution in [1.29, 1.82) is 0 Å². The smallest absolute Gasteiger partial charge is 0.308 e. The Morgan fingerprint density at radius 1 is 1.27 bits per heavy atom. The third-order valence-electron chi connectivity index (χ3n) is 3.38. The Labute approximate surface area is 141 Å². The molecular weight excluding hydrogens is 367 g/mol. The Morgan fingerprint density at radius 3 is 2.77 bits per heavy atom. The fourth-order valence-corrected chi connectivity index (χ4v) is 3.85. The van der Waals surface area contributed by atoms with Crippen LogP contribution in [0.3, 0.4) is 0 Å². The van der Waals surface area contributed by atoms with Gasteiger partial charge in [-0.2, -0.15) is 0 Å². The molecule has 0 aromatic heterocycles. The molecule has 1 N–H and O–H groups in total. The van der Waals surface area contributed by atoms with E-state index in [0.29, 0.717) is 6.54 Å². The summed E-state index contributed by atoms with van der Waals surface area (Å²) in [7, 11) is 0. The number of hydrogen-bond donors (Lipinski definition) is 1. The van der Waals surface area contributed by atoms with Gasteiger partial charge in [0.05, 0.1) is 0 Å². The summed E-state index contributed by atoms with van der Waals surface area (Å²) in [5, 5.41) is 2.74. The molecule has 3 rings (SSSR count). The van der Waals surface area contributed by atoms with Gasteiger partial charge in [-0.3, -0.25) is 0 Å². The molecule has 0 bridgehead atoms. The SMILES string of the molecule is O=C(Nc1ccc(Br)cc1)N1CCS[C@@H]1c1cccc(F)c1. The zero-order valence-corrected chi connectivity index (χ0v) is 14.0. The van der Waals surface area contributed by atoms with E-state index < -0.39 is 0 Å². The van der Waals surface area contributed by atoms with Gasteiger partial charge in [0.25, 0.3) is 0 Å². The number of urea groups is 1. The Kier molecular flexibility index (Phi) is 4.69. The van der Waals surface area contributed by atoms with Gasteiger partial charge in [-0.05, 0) is 42.0 Å². The van der Waals surface area contributed by atoms with Crippen LogP contribution < -0.4 is 5.32 Å². The van der Waals surface area contributed by atoms with E-state index in [-0.39, 0.29) is 17.2 Å². The molecule has 0 unspecified atom stereocenters. The van der Waals surface area contributed by atoms with Crippen molar-refractivity contribution >= 4 is 39.4 Å². The molecule has 0 radical (unpaired) electrons. The highest BCUT2D eigenvalue weighted by molar-refractivity contribution is 9.10. The summed E-state index contributed by atoms with van der Waals surface area (Å²) in [5.41, 5.74) is 1.55. The number of anilines is 1. The largest absolute Gasteiger partial charge is 0.323 e. The molecular formula is C16H14BrFN2OS. The van der Waals surface area contributed by atoms with Crippen molar-refractivity contribution in [1.82, 2.24) is 4.90 Å². The molecule has 2 aromatic carbocycles. The quantitative estimate of drug-likeness (QED) is 0.805. The zero-order valence-electron chi connectivity index (χ0n) is 11.6. The first-order valence-corrected chi connectivity index (χ1v) is 8.68. The number of nitrogens with zero attached hydrogens (tertiary/aromatic N) is 1. The standard InChI is InChI=1S/C16H14BrFN2OS/c17-12-4-6-14(7-5-12)19-16(21)20-8-9-22-15(20)11-2-1-3-13(18)10-11/h1-7,10,15H,8-9H2,(H,19,21)/t15-/m1/s1. The van der Waals surface area contributed by atoms with Crippen molar-refractivity contribution in [3.63, 3.8) is 0 Å². The van der Waals surface area contributed by atoms with E-state index in [9.17, 15) is 9.18 Å². The van der Waals surface area contributed by atoms with Gasteiger partial charge in [0.15, 0.2) is 0 Å². The van der Waals surface area contributed by atoms with Gasteiger partial charge in [-0.25, -0.2) is 9.18 Å². The van der Waals surface area contributed by atoms with Crippen molar-refractivity contribution in [2.24, 2.45) is 0 Å². The fourth-order valence-electron chi connectivity index (χ4n) is 2.34. The maximum absolute atomic E-state index is 13.4. The van der Waals surface area contributed by atoms with Gasteiger partial charge >= 0.3 is 6.03 Å². The molecule has 1 atom stereocenters. The summed E-state index contributed by atoms with van der Waals surface area (Å²) in [6, 6.07) is 13.7. The minimum absolute atomic E-state index is 0.147. The lowest BCUT2D eigenvalue weighted by Crippen LogP contribution is -2.34. The first-order valence-electron chi connectivity index (χ1n) is 6.84. The Morgan fingerprint density at radius 2 is 2.05 bits per heavy atom. The molecule has 2 aromatic rings. The Balaban J connectivity index is 1.75. The van der Waals surface area contributed by atoms with Crippen LogP contribution in [0.5, 0.6) is 0 Å². The van der Waals surface area contributed by atoms with Crippen molar-refractivity contribution in [2.75, 3.05) is 17.6 Å². The minimum Gasteiger partial charge on any atom is -0.308 e. The van der Waals surface area contributed by atoms with Crippen LogP contribution in [0.4, 0.5) is 14.9 Å². The van der Waals surface area contributed by atoms with Crippen LogP contribution in [-0.4, -0.2) is 23.2 Å². The molecule has 1 saturated heterocycles. The number of hydrogen-bond acceptors (Lipinski definition) is 2. The minimum atomic E-state index is -0.279. The van der Waals surface area contributed by atoms with Crippen molar-refractivity contribution in [3.8, 4) is 0 Å². The van der Waals surface area contributed by atoms with Gasteiger partial charge < -0.3 is 10.2 Å². The van der Waals surface area contributed by atoms with Crippen molar-refractivity contribution in [2.45, 2.75) is 5.37 Å². The highest BCUT2D eigenvalue weighted by Crippen LogP contribution is 2.38. The van der Waals surface area contributed by atoms with Gasteiger partial charge in [0, 0.05) is 22.5 Å². The summed E-state index contributed by atoms with van der Waals surface area (Å²) in [6.45, 7) is 0.647. The number of nitrogens with one attached hydrogen (secondary N) is 1. The van der Waals surface area contributed by atoms with E-state index >= 15 is 0 Å². The molecule has 0 aliphatic carbocycles. The molecule has 0 saturated carbocycles. The lowest BCUT2D eigenvalue weighted by molar-refractivity contribution is 0.214. The third-order valence-corrected chi connectivity index (χ3v) is 5.17. The maximum atomic E-state index is 13.4. The van der Waals surface area contributed by atoms with Crippen molar-refractivity contribution < 1.29 is 9.18 Å². The number of carbonyl (C=O) groups is 1. The van der Waals surface area contributed by atoms with Crippen LogP contribution in [0.2, 0.25) is 0 Å². The van der Waals surface area contributed by atoms with Crippen LogP contribution in [0.25, 0.3) is 0 Å². The van der Waals surface area contributed by atoms with E-state index in [4.69, 9.17) is 0 Å². The maximum Gasteiger partial charge on any atom is 0.323 e. The monoisotopic (exact) mass is 380 g/mol. The Bertz CT molecular complexity index is 680. The molecule has 1 aliphatic heterocycles. The number of rotatable bonds is 2. The van der Waals surface area contributed by atoms with Gasteiger partial charge in [-0.15, -0.1) is 11.8 Å². The van der Waals surface area contributed by atoms with Gasteiger partial charge in [-0.1, -0.05) is 28.1 Å². The molecule has 1 aliphatic rings.